The number of ketones is 1. The lowest BCUT2D eigenvalue weighted by atomic mass is 9.74. The molecule has 5 rings (SSSR count). The van der Waals surface area contributed by atoms with Gasteiger partial charge < -0.3 is 19.1 Å². The van der Waals surface area contributed by atoms with Gasteiger partial charge in [0.1, 0.15) is 11.3 Å². The van der Waals surface area contributed by atoms with Crippen LogP contribution in [0, 0.1) is 5.41 Å². The molecule has 36 heavy (non-hydrogen) atoms. The highest BCUT2D eigenvalue weighted by atomic mass is 16.5. The highest BCUT2D eigenvalue weighted by Crippen LogP contribution is 2.43. The number of pyridine rings is 2. The van der Waals surface area contributed by atoms with Crippen molar-refractivity contribution in [1.29, 1.82) is 0 Å². The molecule has 7 nitrogen and oxygen atoms in total. The Kier molecular flexibility index (Phi) is 5.58. The lowest BCUT2D eigenvalue weighted by Gasteiger charge is -2.31. The van der Waals surface area contributed by atoms with Crippen molar-refractivity contribution in [2.45, 2.75) is 26.7 Å². The number of ether oxygens (including phenoxy) is 2. The molecule has 2 heterocycles. The van der Waals surface area contributed by atoms with Gasteiger partial charge in [-0.3, -0.25) is 14.6 Å². The standard InChI is InChI=1S/C29H28N2O5/c1-29(2)14-20-25(22(32)15-29)18(16-10-11-23(35-4)24(12-16)36-5)13-19(30-20)26-27(33)17-8-6-7-9-21(17)31(3)28(26)34/h6-13,33H,14-15H2,1-5H3. The molecule has 0 amide bonds. The topological polar surface area (TPSA) is 90.6 Å². The minimum atomic E-state index is -0.363. The Balaban J connectivity index is 1.85. The SMILES string of the molecule is COc1ccc(-c2cc(-c3c(O)c4ccccc4n(C)c3=O)nc3c2C(=O)CC(C)(C)C3)cc1OC. The molecule has 0 atom stereocenters. The molecule has 0 aliphatic heterocycles. The number of aryl methyl sites for hydroxylation is 1. The van der Waals surface area contributed by atoms with Gasteiger partial charge in [-0.2, -0.15) is 0 Å². The second-order valence-corrected chi connectivity index (χ2v) is 9.99. The normalized spacial score (nSPS) is 14.5. The van der Waals surface area contributed by atoms with Gasteiger partial charge >= 0.3 is 0 Å². The molecule has 0 unspecified atom stereocenters. The Bertz CT molecular complexity index is 1600. The van der Waals surface area contributed by atoms with Crippen molar-refractivity contribution in [3.63, 3.8) is 0 Å². The van der Waals surface area contributed by atoms with Crippen molar-refractivity contribution >= 4 is 16.7 Å². The Morgan fingerprint density at radius 2 is 1.67 bits per heavy atom. The number of para-hydroxylation sites is 1. The molecule has 0 spiro atoms. The molecule has 1 N–H and O–H groups in total. The summed E-state index contributed by atoms with van der Waals surface area (Å²) in [5.74, 6) is 0.967. The van der Waals surface area contributed by atoms with E-state index in [2.05, 4.69) is 0 Å². The van der Waals surface area contributed by atoms with E-state index in [1.54, 1.807) is 45.5 Å². The summed E-state index contributed by atoms with van der Waals surface area (Å²) in [5, 5.41) is 11.8. The van der Waals surface area contributed by atoms with Gasteiger partial charge in [0.05, 0.1) is 31.1 Å². The third kappa shape index (κ3) is 3.71. The Morgan fingerprint density at radius 3 is 2.39 bits per heavy atom. The van der Waals surface area contributed by atoms with E-state index >= 15 is 0 Å². The molecule has 0 radical (unpaired) electrons. The Labute approximate surface area is 208 Å². The number of methoxy groups -OCH3 is 2. The molecular weight excluding hydrogens is 456 g/mol. The number of aromatic nitrogens is 2. The molecular formula is C29H28N2O5. The van der Waals surface area contributed by atoms with Crippen LogP contribution in [0.5, 0.6) is 17.2 Å². The Morgan fingerprint density at radius 1 is 0.944 bits per heavy atom. The summed E-state index contributed by atoms with van der Waals surface area (Å²) in [6.07, 6.45) is 0.959. The number of aromatic hydroxyl groups is 1. The molecule has 2 aromatic heterocycles. The quantitative estimate of drug-likeness (QED) is 0.431. The van der Waals surface area contributed by atoms with Crippen molar-refractivity contribution in [3.05, 3.63) is 70.1 Å². The molecule has 2 aromatic carbocycles. The van der Waals surface area contributed by atoms with Gasteiger partial charge in [0.25, 0.3) is 5.56 Å². The first-order chi connectivity index (χ1) is 17.1. The van der Waals surface area contributed by atoms with Crippen molar-refractivity contribution in [1.82, 2.24) is 9.55 Å². The lowest BCUT2D eigenvalue weighted by molar-refractivity contribution is 0.0911. The minimum Gasteiger partial charge on any atom is -0.506 e. The van der Waals surface area contributed by atoms with Gasteiger partial charge in [-0.15, -0.1) is 0 Å². The van der Waals surface area contributed by atoms with Crippen LogP contribution in [0.2, 0.25) is 0 Å². The van der Waals surface area contributed by atoms with Crippen LogP contribution in [-0.4, -0.2) is 34.7 Å². The van der Waals surface area contributed by atoms with Crippen LogP contribution in [0.15, 0.2) is 53.3 Å². The van der Waals surface area contributed by atoms with E-state index < -0.39 is 0 Å². The summed E-state index contributed by atoms with van der Waals surface area (Å²) in [6, 6.07) is 14.4. The average molecular weight is 485 g/mol. The van der Waals surface area contributed by atoms with Crippen LogP contribution in [-0.2, 0) is 13.5 Å². The lowest BCUT2D eigenvalue weighted by Crippen LogP contribution is -2.29. The van der Waals surface area contributed by atoms with Crippen LogP contribution >= 0.6 is 0 Å². The van der Waals surface area contributed by atoms with Crippen LogP contribution in [0.4, 0.5) is 0 Å². The number of hydrogen-bond acceptors (Lipinski definition) is 6. The van der Waals surface area contributed by atoms with Crippen molar-refractivity contribution in [3.8, 4) is 39.6 Å². The monoisotopic (exact) mass is 484 g/mol. The fourth-order valence-corrected chi connectivity index (χ4v) is 5.15. The maximum Gasteiger partial charge on any atom is 0.264 e. The zero-order valence-corrected chi connectivity index (χ0v) is 21.0. The fraction of sp³-hybridized carbons (Fsp3) is 0.276. The highest BCUT2D eigenvalue weighted by Gasteiger charge is 2.35. The van der Waals surface area contributed by atoms with Crippen LogP contribution < -0.4 is 15.0 Å². The zero-order valence-electron chi connectivity index (χ0n) is 21.0. The van der Waals surface area contributed by atoms with Crippen molar-refractivity contribution in [2.75, 3.05) is 14.2 Å². The number of rotatable bonds is 4. The van der Waals surface area contributed by atoms with Crippen LogP contribution in [0.25, 0.3) is 33.3 Å². The van der Waals surface area contributed by atoms with Crippen LogP contribution in [0.3, 0.4) is 0 Å². The maximum absolute atomic E-state index is 13.5. The van der Waals surface area contributed by atoms with Gasteiger partial charge in [-0.25, -0.2) is 0 Å². The number of carbonyl (C=O) groups excluding carboxylic acids is 1. The van der Waals surface area contributed by atoms with Crippen molar-refractivity contribution in [2.24, 2.45) is 12.5 Å². The first-order valence-corrected chi connectivity index (χ1v) is 11.8. The molecule has 0 saturated carbocycles. The fourth-order valence-electron chi connectivity index (χ4n) is 5.15. The Hall–Kier alpha value is -4.13. The molecule has 0 fully saturated rings. The van der Waals surface area contributed by atoms with Crippen LogP contribution in [0.1, 0.15) is 36.3 Å². The molecule has 4 aromatic rings. The molecule has 184 valence electrons. The van der Waals surface area contributed by atoms with Gasteiger partial charge in [0.2, 0.25) is 0 Å². The molecule has 7 heteroatoms. The van der Waals surface area contributed by atoms with E-state index in [1.807, 2.05) is 38.1 Å². The first-order valence-electron chi connectivity index (χ1n) is 11.8. The molecule has 1 aliphatic rings. The smallest absolute Gasteiger partial charge is 0.264 e. The molecule has 0 saturated heterocycles. The van der Waals surface area contributed by atoms with Gasteiger partial charge in [0, 0.05) is 24.4 Å². The number of carbonyl (C=O) groups is 1. The highest BCUT2D eigenvalue weighted by molar-refractivity contribution is 6.05. The van der Waals surface area contributed by atoms with E-state index in [-0.39, 0.29) is 28.1 Å². The summed E-state index contributed by atoms with van der Waals surface area (Å²) in [6.45, 7) is 4.07. The third-order valence-electron chi connectivity index (χ3n) is 6.88. The average Bonchev–Trinajstić information content (AvgIpc) is 2.85. The number of nitrogens with zero attached hydrogens (tertiary/aromatic N) is 2. The third-order valence-corrected chi connectivity index (χ3v) is 6.88. The minimum absolute atomic E-state index is 0.000667. The number of fused-ring (bicyclic) bond motifs is 2. The van der Waals surface area contributed by atoms with E-state index in [1.165, 1.54) is 4.57 Å². The van der Waals surface area contributed by atoms with E-state index in [4.69, 9.17) is 14.5 Å². The number of benzene rings is 2. The summed E-state index contributed by atoms with van der Waals surface area (Å²) in [4.78, 5) is 31.6. The second-order valence-electron chi connectivity index (χ2n) is 9.99. The van der Waals surface area contributed by atoms with Gasteiger partial charge in [-0.1, -0.05) is 32.0 Å². The zero-order chi connectivity index (χ0) is 25.8. The predicted molar refractivity (Wildman–Crippen MR) is 139 cm³/mol. The van der Waals surface area contributed by atoms with E-state index in [9.17, 15) is 14.7 Å². The van der Waals surface area contributed by atoms with Gasteiger partial charge in [-0.05, 0) is 53.3 Å². The summed E-state index contributed by atoms with van der Waals surface area (Å²) >= 11 is 0. The maximum atomic E-state index is 13.5. The number of hydrogen-bond donors (Lipinski definition) is 1. The van der Waals surface area contributed by atoms with E-state index in [0.717, 1.165) is 5.56 Å². The summed E-state index contributed by atoms with van der Waals surface area (Å²) < 4.78 is 12.4. The number of Topliss-reactive ketones (excluding diaryl/α,β-unsaturated/α-hetero) is 1. The summed E-state index contributed by atoms with van der Waals surface area (Å²) in [7, 11) is 4.79. The van der Waals surface area contributed by atoms with Crippen molar-refractivity contribution < 1.29 is 19.4 Å². The second kappa shape index (κ2) is 8.52. The van der Waals surface area contributed by atoms with E-state index in [0.29, 0.717) is 57.8 Å². The molecule has 0 bridgehead atoms. The van der Waals surface area contributed by atoms with Gasteiger partial charge in [0.15, 0.2) is 17.3 Å². The molecule has 1 aliphatic carbocycles. The predicted octanol–water partition coefficient (Wildman–Crippen LogP) is 5.15. The largest absolute Gasteiger partial charge is 0.506 e. The summed E-state index contributed by atoms with van der Waals surface area (Å²) in [5.41, 5.74) is 2.96. The first kappa shape index (κ1) is 23.6.